The summed E-state index contributed by atoms with van der Waals surface area (Å²) in [4.78, 5) is 15.2. The average molecular weight is 253 g/mol. The summed E-state index contributed by atoms with van der Waals surface area (Å²) in [6.07, 6.45) is 0.750. The predicted octanol–water partition coefficient (Wildman–Crippen LogP) is 2.54. The molecule has 0 spiro atoms. The molecule has 5 heteroatoms. The Labute approximate surface area is 104 Å². The maximum absolute atomic E-state index is 11.0. The van der Waals surface area contributed by atoms with Crippen molar-refractivity contribution in [2.75, 3.05) is 13.2 Å². The molecule has 0 saturated heterocycles. The van der Waals surface area contributed by atoms with Gasteiger partial charge >= 0.3 is 0 Å². The second-order valence-electron chi connectivity index (χ2n) is 3.57. The van der Waals surface area contributed by atoms with Crippen molar-refractivity contribution in [3.63, 3.8) is 0 Å². The van der Waals surface area contributed by atoms with Gasteiger partial charge < -0.3 is 9.30 Å². The van der Waals surface area contributed by atoms with Crippen LogP contribution in [-0.4, -0.2) is 29.1 Å². The molecule has 0 saturated carbocycles. The number of hydrogen-bond donors (Lipinski definition) is 0. The first-order chi connectivity index (χ1) is 8.26. The van der Waals surface area contributed by atoms with Crippen molar-refractivity contribution >= 4 is 28.9 Å². The first-order valence-electron chi connectivity index (χ1n) is 5.45. The van der Waals surface area contributed by atoms with Crippen molar-refractivity contribution in [3.8, 4) is 0 Å². The third-order valence-electron chi connectivity index (χ3n) is 2.51. The lowest BCUT2D eigenvalue weighted by molar-refractivity contribution is 0.110. The summed E-state index contributed by atoms with van der Waals surface area (Å²) in [6, 6.07) is 5.38. The number of rotatable bonds is 5. The van der Waals surface area contributed by atoms with E-state index < -0.39 is 0 Å². The topological polar surface area (TPSA) is 44.1 Å². The van der Waals surface area contributed by atoms with E-state index in [1.54, 1.807) is 6.07 Å². The van der Waals surface area contributed by atoms with Gasteiger partial charge in [0.2, 0.25) is 0 Å². The summed E-state index contributed by atoms with van der Waals surface area (Å²) in [5.74, 6) is 0.405. The Kier molecular flexibility index (Phi) is 3.76. The van der Waals surface area contributed by atoms with Crippen LogP contribution in [0.15, 0.2) is 18.2 Å². The molecular weight excluding hydrogens is 240 g/mol. The molecule has 90 valence electrons. The third-order valence-corrected chi connectivity index (χ3v) is 2.74. The van der Waals surface area contributed by atoms with Crippen LogP contribution in [0.2, 0.25) is 5.02 Å². The van der Waals surface area contributed by atoms with E-state index in [0.29, 0.717) is 30.6 Å². The predicted molar refractivity (Wildman–Crippen MR) is 66.6 cm³/mol. The fourth-order valence-corrected chi connectivity index (χ4v) is 1.91. The van der Waals surface area contributed by atoms with E-state index in [2.05, 4.69) is 4.98 Å². The van der Waals surface area contributed by atoms with Crippen LogP contribution in [0.4, 0.5) is 0 Å². The minimum absolute atomic E-state index is 0.405. The lowest BCUT2D eigenvalue weighted by Gasteiger charge is -2.06. The van der Waals surface area contributed by atoms with Crippen LogP contribution in [0.25, 0.3) is 11.0 Å². The maximum Gasteiger partial charge on any atom is 0.185 e. The number of aromatic nitrogens is 2. The summed E-state index contributed by atoms with van der Waals surface area (Å²) in [5, 5.41) is 0.632. The number of halogens is 1. The highest BCUT2D eigenvalue weighted by Crippen LogP contribution is 2.20. The fourth-order valence-electron chi connectivity index (χ4n) is 1.74. The third kappa shape index (κ3) is 2.48. The van der Waals surface area contributed by atoms with Gasteiger partial charge in [0.05, 0.1) is 17.6 Å². The number of carbonyl (C=O) groups is 1. The molecule has 0 aliphatic rings. The molecule has 1 aromatic carbocycles. The van der Waals surface area contributed by atoms with Crippen LogP contribution in [0.3, 0.4) is 0 Å². The number of carbonyl (C=O) groups excluding carboxylic acids is 1. The molecule has 0 atom stereocenters. The van der Waals surface area contributed by atoms with Crippen molar-refractivity contribution in [1.29, 1.82) is 0 Å². The Morgan fingerprint density at radius 3 is 3.06 bits per heavy atom. The van der Waals surface area contributed by atoms with Gasteiger partial charge in [-0.15, -0.1) is 0 Å². The summed E-state index contributed by atoms with van der Waals surface area (Å²) in [6.45, 7) is 3.74. The van der Waals surface area contributed by atoms with Crippen LogP contribution in [-0.2, 0) is 11.3 Å². The molecule has 0 aliphatic carbocycles. The largest absolute Gasteiger partial charge is 0.380 e. The van der Waals surface area contributed by atoms with E-state index >= 15 is 0 Å². The second-order valence-corrected chi connectivity index (χ2v) is 4.01. The molecule has 0 fully saturated rings. The van der Waals surface area contributed by atoms with Crippen molar-refractivity contribution < 1.29 is 9.53 Å². The highest BCUT2D eigenvalue weighted by Gasteiger charge is 2.09. The van der Waals surface area contributed by atoms with Gasteiger partial charge in [-0.05, 0) is 25.1 Å². The number of nitrogens with zero attached hydrogens (tertiary/aromatic N) is 2. The number of hydrogen-bond acceptors (Lipinski definition) is 3. The minimum atomic E-state index is 0.405. The molecule has 0 radical (unpaired) electrons. The molecule has 0 unspecified atom stereocenters. The smallest absolute Gasteiger partial charge is 0.185 e. The Hall–Kier alpha value is -1.39. The van der Waals surface area contributed by atoms with Crippen molar-refractivity contribution in [2.45, 2.75) is 13.5 Å². The molecule has 1 heterocycles. The molecule has 0 bridgehead atoms. The molecule has 2 rings (SSSR count). The highest BCUT2D eigenvalue weighted by atomic mass is 35.5. The highest BCUT2D eigenvalue weighted by molar-refractivity contribution is 6.31. The zero-order valence-electron chi connectivity index (χ0n) is 9.52. The number of imidazole rings is 1. The lowest BCUT2D eigenvalue weighted by Crippen LogP contribution is -2.08. The van der Waals surface area contributed by atoms with E-state index in [9.17, 15) is 4.79 Å². The molecule has 4 nitrogen and oxygen atoms in total. The first-order valence-corrected chi connectivity index (χ1v) is 5.82. The molecule has 2 aromatic rings. The quantitative estimate of drug-likeness (QED) is 0.607. The molecule has 0 aliphatic heterocycles. The van der Waals surface area contributed by atoms with Crippen LogP contribution in [0.5, 0.6) is 0 Å². The molecular formula is C12H13ClN2O2. The Morgan fingerprint density at radius 2 is 2.35 bits per heavy atom. The number of ether oxygens (including phenoxy) is 1. The zero-order valence-corrected chi connectivity index (χ0v) is 10.3. The van der Waals surface area contributed by atoms with Gasteiger partial charge in [0.15, 0.2) is 12.1 Å². The van der Waals surface area contributed by atoms with Gasteiger partial charge in [-0.1, -0.05) is 11.6 Å². The van der Waals surface area contributed by atoms with Crippen molar-refractivity contribution in [2.24, 2.45) is 0 Å². The van der Waals surface area contributed by atoms with Crippen LogP contribution in [0, 0.1) is 0 Å². The molecule has 17 heavy (non-hydrogen) atoms. The fraction of sp³-hybridized carbons (Fsp3) is 0.333. The summed E-state index contributed by atoms with van der Waals surface area (Å²) in [7, 11) is 0. The number of fused-ring (bicyclic) bond motifs is 1. The molecule has 0 amide bonds. The van der Waals surface area contributed by atoms with Gasteiger partial charge in [-0.3, -0.25) is 4.79 Å². The lowest BCUT2D eigenvalue weighted by atomic mass is 10.3. The second kappa shape index (κ2) is 5.29. The summed E-state index contributed by atoms with van der Waals surface area (Å²) >= 11 is 5.94. The Bertz CT molecular complexity index is 537. The summed E-state index contributed by atoms with van der Waals surface area (Å²) < 4.78 is 7.11. The number of benzene rings is 1. The van der Waals surface area contributed by atoms with Crippen LogP contribution < -0.4 is 0 Å². The minimum Gasteiger partial charge on any atom is -0.380 e. The van der Waals surface area contributed by atoms with Gasteiger partial charge in [0.1, 0.15) is 0 Å². The van der Waals surface area contributed by atoms with Gasteiger partial charge in [0, 0.05) is 18.2 Å². The maximum atomic E-state index is 11.0. The van der Waals surface area contributed by atoms with E-state index in [1.165, 1.54) is 0 Å². The van der Waals surface area contributed by atoms with Gasteiger partial charge in [-0.2, -0.15) is 0 Å². The van der Waals surface area contributed by atoms with E-state index in [4.69, 9.17) is 16.3 Å². The first kappa shape index (κ1) is 12.1. The Morgan fingerprint density at radius 1 is 1.53 bits per heavy atom. The van der Waals surface area contributed by atoms with Crippen LogP contribution in [0.1, 0.15) is 17.5 Å². The van der Waals surface area contributed by atoms with Crippen molar-refractivity contribution in [3.05, 3.63) is 29.0 Å². The molecule has 0 N–H and O–H groups in total. The number of aldehydes is 1. The monoisotopic (exact) mass is 252 g/mol. The van der Waals surface area contributed by atoms with Gasteiger partial charge in [0.25, 0.3) is 0 Å². The van der Waals surface area contributed by atoms with E-state index in [-0.39, 0.29) is 0 Å². The SMILES string of the molecule is CCOCCn1c(C=O)nc2ccc(Cl)cc21. The summed E-state index contributed by atoms with van der Waals surface area (Å²) in [5.41, 5.74) is 1.63. The normalized spacial score (nSPS) is 10.9. The van der Waals surface area contributed by atoms with Crippen LogP contribution >= 0.6 is 11.6 Å². The van der Waals surface area contributed by atoms with E-state index in [0.717, 1.165) is 17.3 Å². The van der Waals surface area contributed by atoms with Crippen molar-refractivity contribution in [1.82, 2.24) is 9.55 Å². The zero-order chi connectivity index (χ0) is 12.3. The molecule has 1 aromatic heterocycles. The average Bonchev–Trinajstić information content (AvgIpc) is 2.67. The Balaban J connectivity index is 2.41. The van der Waals surface area contributed by atoms with Gasteiger partial charge in [-0.25, -0.2) is 4.98 Å². The van der Waals surface area contributed by atoms with E-state index in [1.807, 2.05) is 23.6 Å². The standard InChI is InChI=1S/C12H13ClN2O2/c1-2-17-6-5-15-11-7-9(13)3-4-10(11)14-12(15)8-16/h3-4,7-8H,2,5-6H2,1H3.